The first-order chi connectivity index (χ1) is 12.0. The van der Waals surface area contributed by atoms with E-state index in [2.05, 4.69) is 10.6 Å². The third-order valence-corrected chi connectivity index (χ3v) is 4.10. The molecule has 0 spiro atoms. The number of urea groups is 1. The molecule has 0 heterocycles. The molecule has 0 saturated heterocycles. The Kier molecular flexibility index (Phi) is 7.14. The van der Waals surface area contributed by atoms with Crippen LogP contribution in [-0.2, 0) is 6.42 Å². The minimum absolute atomic E-state index is 0.146. The highest BCUT2D eigenvalue weighted by atomic mass is 35.5. The van der Waals surface area contributed by atoms with Crippen LogP contribution >= 0.6 is 11.6 Å². The lowest BCUT2D eigenvalue weighted by molar-refractivity contribution is 0.237. The average Bonchev–Trinajstić information content (AvgIpc) is 2.56. The van der Waals surface area contributed by atoms with Gasteiger partial charge in [0.15, 0.2) is 0 Å². The van der Waals surface area contributed by atoms with Crippen molar-refractivity contribution in [1.29, 1.82) is 0 Å². The van der Waals surface area contributed by atoms with Gasteiger partial charge in [-0.15, -0.1) is 0 Å². The molecule has 2 aromatic carbocycles. The number of hydrogen-bond acceptors (Lipinski definition) is 2. The first kappa shape index (κ1) is 19.1. The monoisotopic (exact) mass is 360 g/mol. The first-order valence-electron chi connectivity index (χ1n) is 8.51. The van der Waals surface area contributed by atoms with E-state index in [1.54, 1.807) is 0 Å². The van der Waals surface area contributed by atoms with E-state index in [1.165, 1.54) is 0 Å². The number of nitrogens with one attached hydrogen (secondary N) is 2. The third-order valence-electron chi connectivity index (χ3n) is 3.87. The molecule has 0 saturated carbocycles. The second-order valence-corrected chi connectivity index (χ2v) is 6.41. The van der Waals surface area contributed by atoms with Crippen molar-refractivity contribution in [2.75, 3.05) is 13.2 Å². The van der Waals surface area contributed by atoms with Gasteiger partial charge in [0, 0.05) is 17.1 Å². The normalized spacial score (nSPS) is 11.7. The summed E-state index contributed by atoms with van der Waals surface area (Å²) in [6, 6.07) is 13.3. The van der Waals surface area contributed by atoms with E-state index in [1.807, 2.05) is 63.2 Å². The van der Waals surface area contributed by atoms with Crippen molar-refractivity contribution in [2.45, 2.75) is 33.2 Å². The third kappa shape index (κ3) is 5.98. The van der Waals surface area contributed by atoms with Crippen LogP contribution in [0.4, 0.5) is 4.79 Å². The van der Waals surface area contributed by atoms with Gasteiger partial charge in [0.1, 0.15) is 5.75 Å². The lowest BCUT2D eigenvalue weighted by Crippen LogP contribution is -2.38. The quantitative estimate of drug-likeness (QED) is 0.755. The van der Waals surface area contributed by atoms with E-state index in [-0.39, 0.29) is 12.1 Å². The van der Waals surface area contributed by atoms with E-state index in [0.717, 1.165) is 28.9 Å². The molecule has 5 heteroatoms. The Balaban J connectivity index is 1.88. The molecule has 2 rings (SSSR count). The van der Waals surface area contributed by atoms with E-state index >= 15 is 0 Å². The van der Waals surface area contributed by atoms with Gasteiger partial charge in [0.25, 0.3) is 0 Å². The van der Waals surface area contributed by atoms with Crippen LogP contribution in [0.15, 0.2) is 42.5 Å². The Morgan fingerprint density at radius 1 is 1.24 bits per heavy atom. The fraction of sp³-hybridized carbons (Fsp3) is 0.350. The molecule has 0 radical (unpaired) electrons. The average molecular weight is 361 g/mol. The smallest absolute Gasteiger partial charge is 0.315 e. The molecule has 2 aromatic rings. The molecule has 2 amide bonds. The van der Waals surface area contributed by atoms with Gasteiger partial charge in [0.05, 0.1) is 12.6 Å². The van der Waals surface area contributed by atoms with Crippen molar-refractivity contribution in [3.63, 3.8) is 0 Å². The van der Waals surface area contributed by atoms with E-state index in [4.69, 9.17) is 16.3 Å². The maximum absolute atomic E-state index is 12.1. The van der Waals surface area contributed by atoms with Gasteiger partial charge in [-0.3, -0.25) is 0 Å². The lowest BCUT2D eigenvalue weighted by atomic mass is 10.0. The summed E-state index contributed by atoms with van der Waals surface area (Å²) in [5, 5.41) is 6.55. The van der Waals surface area contributed by atoms with Crippen LogP contribution in [-0.4, -0.2) is 19.2 Å². The van der Waals surface area contributed by atoms with Gasteiger partial charge < -0.3 is 15.4 Å². The minimum atomic E-state index is -0.196. The molecule has 0 aliphatic heterocycles. The molecule has 4 nitrogen and oxygen atoms in total. The van der Waals surface area contributed by atoms with E-state index in [0.29, 0.717) is 18.2 Å². The molecule has 0 fully saturated rings. The highest BCUT2D eigenvalue weighted by Gasteiger charge is 2.14. The molecule has 0 aliphatic rings. The van der Waals surface area contributed by atoms with Crippen molar-refractivity contribution in [2.24, 2.45) is 0 Å². The Hall–Kier alpha value is -2.20. The summed E-state index contributed by atoms with van der Waals surface area (Å²) in [5.74, 6) is 0.805. The number of amides is 2. The number of ether oxygens (including phenoxy) is 1. The zero-order chi connectivity index (χ0) is 18.2. The van der Waals surface area contributed by atoms with Crippen LogP contribution in [0, 0.1) is 6.92 Å². The van der Waals surface area contributed by atoms with Gasteiger partial charge in [-0.05, 0) is 51.0 Å². The summed E-state index contributed by atoms with van der Waals surface area (Å²) in [6.45, 7) is 7.06. The molecule has 134 valence electrons. The van der Waals surface area contributed by atoms with Gasteiger partial charge in [0.2, 0.25) is 0 Å². The van der Waals surface area contributed by atoms with Crippen molar-refractivity contribution in [3.8, 4) is 5.75 Å². The van der Waals surface area contributed by atoms with E-state index < -0.39 is 0 Å². The van der Waals surface area contributed by atoms with Crippen LogP contribution in [0.25, 0.3) is 0 Å². The largest absolute Gasteiger partial charge is 0.494 e. The lowest BCUT2D eigenvalue weighted by Gasteiger charge is -2.19. The predicted octanol–water partition coefficient (Wildman–Crippen LogP) is 4.65. The molecular weight excluding hydrogens is 336 g/mol. The highest BCUT2D eigenvalue weighted by Crippen LogP contribution is 2.26. The van der Waals surface area contributed by atoms with Crippen molar-refractivity contribution in [3.05, 3.63) is 64.2 Å². The molecular formula is C20H25ClN2O2. The molecule has 1 atom stereocenters. The second kappa shape index (κ2) is 9.33. The number of benzene rings is 2. The Morgan fingerprint density at radius 2 is 2.04 bits per heavy atom. The summed E-state index contributed by atoms with van der Waals surface area (Å²) < 4.78 is 5.66. The summed E-state index contributed by atoms with van der Waals surface area (Å²) in [7, 11) is 0. The minimum Gasteiger partial charge on any atom is -0.494 e. The summed E-state index contributed by atoms with van der Waals surface area (Å²) >= 11 is 5.96. The SMILES string of the molecule is CCOc1ccc(C)cc1C(C)NC(=O)NCCc1cccc(Cl)c1. The zero-order valence-electron chi connectivity index (χ0n) is 14.9. The topological polar surface area (TPSA) is 50.4 Å². The standard InChI is InChI=1S/C20H25ClN2O2/c1-4-25-19-9-8-14(2)12-18(19)15(3)23-20(24)22-11-10-16-6-5-7-17(21)13-16/h5-9,12-13,15H,4,10-11H2,1-3H3,(H2,22,23,24). The Morgan fingerprint density at radius 3 is 2.76 bits per heavy atom. The van der Waals surface area contributed by atoms with Crippen LogP contribution in [0.1, 0.15) is 36.6 Å². The second-order valence-electron chi connectivity index (χ2n) is 5.98. The number of carbonyl (C=O) groups is 1. The van der Waals surface area contributed by atoms with Gasteiger partial charge in [-0.25, -0.2) is 4.79 Å². The summed E-state index contributed by atoms with van der Waals surface area (Å²) in [5.41, 5.74) is 3.21. The molecule has 2 N–H and O–H groups in total. The van der Waals surface area contributed by atoms with Gasteiger partial charge >= 0.3 is 6.03 Å². The van der Waals surface area contributed by atoms with Crippen LogP contribution in [0.3, 0.4) is 0 Å². The van der Waals surface area contributed by atoms with Crippen molar-refractivity contribution in [1.82, 2.24) is 10.6 Å². The van der Waals surface area contributed by atoms with Crippen LogP contribution in [0.2, 0.25) is 5.02 Å². The zero-order valence-corrected chi connectivity index (χ0v) is 15.7. The number of carbonyl (C=O) groups excluding carboxylic acids is 1. The number of rotatable bonds is 7. The first-order valence-corrected chi connectivity index (χ1v) is 8.89. The summed E-state index contributed by atoms with van der Waals surface area (Å²) in [4.78, 5) is 12.1. The van der Waals surface area contributed by atoms with Crippen molar-refractivity contribution < 1.29 is 9.53 Å². The fourth-order valence-electron chi connectivity index (χ4n) is 2.63. The predicted molar refractivity (Wildman–Crippen MR) is 102 cm³/mol. The van der Waals surface area contributed by atoms with Gasteiger partial charge in [-0.2, -0.15) is 0 Å². The Labute approximate surface area is 154 Å². The maximum atomic E-state index is 12.1. The number of hydrogen-bond donors (Lipinski definition) is 2. The Bertz CT molecular complexity index is 719. The van der Waals surface area contributed by atoms with E-state index in [9.17, 15) is 4.79 Å². The highest BCUT2D eigenvalue weighted by molar-refractivity contribution is 6.30. The molecule has 1 unspecified atom stereocenters. The number of halogens is 1. The van der Waals surface area contributed by atoms with Crippen LogP contribution < -0.4 is 15.4 Å². The summed E-state index contributed by atoms with van der Waals surface area (Å²) in [6.07, 6.45) is 0.733. The molecule has 0 aliphatic carbocycles. The van der Waals surface area contributed by atoms with Crippen LogP contribution in [0.5, 0.6) is 5.75 Å². The van der Waals surface area contributed by atoms with Gasteiger partial charge in [-0.1, -0.05) is 41.4 Å². The molecule has 0 bridgehead atoms. The van der Waals surface area contributed by atoms with Crippen molar-refractivity contribution >= 4 is 17.6 Å². The molecule has 0 aromatic heterocycles. The fourth-order valence-corrected chi connectivity index (χ4v) is 2.84. The molecule has 25 heavy (non-hydrogen) atoms. The number of aryl methyl sites for hydroxylation is 1. The maximum Gasteiger partial charge on any atom is 0.315 e.